The molecule has 13 heavy (non-hydrogen) atoms. The molecule has 0 fully saturated rings. The van der Waals surface area contributed by atoms with Crippen LogP contribution in [0.2, 0.25) is 0 Å². The molecular weight excluding hydrogens is 293 g/mol. The molecule has 0 aromatic heterocycles. The van der Waals surface area contributed by atoms with Crippen LogP contribution < -0.4 is 5.32 Å². The van der Waals surface area contributed by atoms with Gasteiger partial charge in [-0.05, 0) is 29.6 Å². The lowest BCUT2D eigenvalue weighted by molar-refractivity contribution is 0.616. The highest BCUT2D eigenvalue weighted by Gasteiger charge is 1.89. The van der Waals surface area contributed by atoms with Crippen molar-refractivity contribution in [1.82, 2.24) is 5.32 Å². The fraction of sp³-hybridized carbons (Fsp3) is 1.00. The van der Waals surface area contributed by atoms with Crippen molar-refractivity contribution in [2.45, 2.75) is 32.6 Å². The number of rotatable bonds is 10. The van der Waals surface area contributed by atoms with Crippen molar-refractivity contribution in [3.8, 4) is 0 Å². The van der Waals surface area contributed by atoms with Crippen LogP contribution >= 0.6 is 34.4 Å². The van der Waals surface area contributed by atoms with Crippen LogP contribution in [-0.2, 0) is 0 Å². The number of alkyl halides is 1. The zero-order valence-corrected chi connectivity index (χ0v) is 11.6. The molecule has 0 spiro atoms. The Morgan fingerprint density at radius 3 is 2.54 bits per heavy atom. The molecular formula is C10H22INS. The summed E-state index contributed by atoms with van der Waals surface area (Å²) in [4.78, 5) is 0. The predicted octanol–water partition coefficient (Wildman–Crippen LogP) is 3.32. The quantitative estimate of drug-likeness (QED) is 0.377. The maximum Gasteiger partial charge on any atom is 0.00579 e. The molecule has 0 saturated carbocycles. The molecule has 0 radical (unpaired) electrons. The molecule has 0 unspecified atom stereocenters. The van der Waals surface area contributed by atoms with Crippen LogP contribution in [0.5, 0.6) is 0 Å². The smallest absolute Gasteiger partial charge is 0.00579 e. The molecule has 0 atom stereocenters. The van der Waals surface area contributed by atoms with Crippen LogP contribution in [0.1, 0.15) is 32.6 Å². The first kappa shape index (κ1) is 14.0. The lowest BCUT2D eigenvalue weighted by atomic mass is 10.2. The molecule has 0 amide bonds. The van der Waals surface area contributed by atoms with Gasteiger partial charge >= 0.3 is 0 Å². The minimum atomic E-state index is 1.19. The van der Waals surface area contributed by atoms with Crippen LogP contribution in [0, 0.1) is 0 Å². The number of thioether (sulfide) groups is 1. The van der Waals surface area contributed by atoms with E-state index in [-0.39, 0.29) is 0 Å². The van der Waals surface area contributed by atoms with Gasteiger partial charge in [0.2, 0.25) is 0 Å². The summed E-state index contributed by atoms with van der Waals surface area (Å²) in [5.74, 6) is 2.52. The highest BCUT2D eigenvalue weighted by molar-refractivity contribution is 14.1. The first-order valence-electron chi connectivity index (χ1n) is 5.26. The summed E-state index contributed by atoms with van der Waals surface area (Å²) < 4.78 is 1.32. The molecule has 0 rings (SSSR count). The Hall–Kier alpha value is 1.04. The molecule has 0 aliphatic carbocycles. The Morgan fingerprint density at radius 2 is 1.85 bits per heavy atom. The lowest BCUT2D eigenvalue weighted by Crippen LogP contribution is -2.18. The summed E-state index contributed by atoms with van der Waals surface area (Å²) in [7, 11) is 0. The molecule has 0 aromatic carbocycles. The van der Waals surface area contributed by atoms with Gasteiger partial charge in [-0.1, -0.05) is 42.4 Å². The van der Waals surface area contributed by atoms with Gasteiger partial charge in [-0.25, -0.2) is 0 Å². The van der Waals surface area contributed by atoms with E-state index in [0.29, 0.717) is 0 Å². The second kappa shape index (κ2) is 13.0. The van der Waals surface area contributed by atoms with E-state index in [4.69, 9.17) is 0 Å². The van der Waals surface area contributed by atoms with Crippen molar-refractivity contribution in [1.29, 1.82) is 0 Å². The van der Waals surface area contributed by atoms with Crippen molar-refractivity contribution in [3.63, 3.8) is 0 Å². The fourth-order valence-electron chi connectivity index (χ4n) is 1.11. The third-order valence-electron chi connectivity index (χ3n) is 1.86. The molecule has 0 aliphatic heterocycles. The standard InChI is InChI=1S/C10H22INS/c1-2-13-10-9-12-8-6-4-3-5-7-11/h12H,2-10H2,1H3. The van der Waals surface area contributed by atoms with E-state index in [2.05, 4.69) is 34.8 Å². The normalized spacial score (nSPS) is 10.6. The van der Waals surface area contributed by atoms with Crippen LogP contribution in [0.3, 0.4) is 0 Å². The van der Waals surface area contributed by atoms with Gasteiger partial charge < -0.3 is 5.32 Å². The Kier molecular flexibility index (Phi) is 14.1. The van der Waals surface area contributed by atoms with Crippen molar-refractivity contribution in [2.75, 3.05) is 29.0 Å². The molecule has 0 saturated heterocycles. The number of hydrogen-bond acceptors (Lipinski definition) is 2. The molecule has 1 nitrogen and oxygen atoms in total. The summed E-state index contributed by atoms with van der Waals surface area (Å²) in [6.45, 7) is 4.62. The Balaban J connectivity index is 2.76. The average Bonchev–Trinajstić information content (AvgIpc) is 2.16. The molecule has 80 valence electrons. The van der Waals surface area contributed by atoms with Gasteiger partial charge in [0.05, 0.1) is 0 Å². The highest BCUT2D eigenvalue weighted by Crippen LogP contribution is 2.01. The predicted molar refractivity (Wildman–Crippen MR) is 73.2 cm³/mol. The van der Waals surface area contributed by atoms with Crippen LogP contribution in [-0.4, -0.2) is 29.0 Å². The molecule has 3 heteroatoms. The van der Waals surface area contributed by atoms with Gasteiger partial charge in [0.1, 0.15) is 0 Å². The zero-order chi connectivity index (χ0) is 9.78. The van der Waals surface area contributed by atoms with Crippen molar-refractivity contribution < 1.29 is 0 Å². The van der Waals surface area contributed by atoms with E-state index >= 15 is 0 Å². The van der Waals surface area contributed by atoms with E-state index < -0.39 is 0 Å². The third kappa shape index (κ3) is 13.0. The summed E-state index contributed by atoms with van der Waals surface area (Å²) in [5.41, 5.74) is 0. The third-order valence-corrected chi connectivity index (χ3v) is 3.53. The second-order valence-corrected chi connectivity index (χ2v) is 5.52. The first-order chi connectivity index (χ1) is 6.41. The van der Waals surface area contributed by atoms with E-state index in [9.17, 15) is 0 Å². The minimum absolute atomic E-state index is 1.19. The number of nitrogens with one attached hydrogen (secondary N) is 1. The average molecular weight is 315 g/mol. The van der Waals surface area contributed by atoms with Gasteiger partial charge in [0, 0.05) is 12.3 Å². The van der Waals surface area contributed by atoms with Crippen molar-refractivity contribution in [2.24, 2.45) is 0 Å². The summed E-state index contributed by atoms with van der Waals surface area (Å²) in [6.07, 6.45) is 5.56. The van der Waals surface area contributed by atoms with Crippen LogP contribution in [0.4, 0.5) is 0 Å². The number of hydrogen-bond donors (Lipinski definition) is 1. The Labute approximate surface area is 101 Å². The fourth-order valence-corrected chi connectivity index (χ4v) is 2.23. The van der Waals surface area contributed by atoms with Crippen LogP contribution in [0.15, 0.2) is 0 Å². The molecule has 0 aromatic rings. The van der Waals surface area contributed by atoms with Crippen molar-refractivity contribution >= 4 is 34.4 Å². The van der Waals surface area contributed by atoms with E-state index in [1.54, 1.807) is 0 Å². The maximum absolute atomic E-state index is 3.47. The summed E-state index contributed by atoms with van der Waals surface area (Å²) in [5, 5.41) is 3.47. The summed E-state index contributed by atoms with van der Waals surface area (Å²) >= 11 is 4.47. The maximum atomic E-state index is 3.47. The number of unbranched alkanes of at least 4 members (excludes halogenated alkanes) is 3. The van der Waals surface area contributed by atoms with Gasteiger partial charge in [-0.3, -0.25) is 0 Å². The highest BCUT2D eigenvalue weighted by atomic mass is 127. The minimum Gasteiger partial charge on any atom is -0.316 e. The van der Waals surface area contributed by atoms with E-state index in [1.165, 1.54) is 54.7 Å². The Morgan fingerprint density at radius 1 is 1.08 bits per heavy atom. The van der Waals surface area contributed by atoms with Crippen molar-refractivity contribution in [3.05, 3.63) is 0 Å². The molecule has 1 N–H and O–H groups in total. The molecule has 0 heterocycles. The molecule has 0 aliphatic rings. The largest absolute Gasteiger partial charge is 0.316 e. The SMILES string of the molecule is CCSCCNCCCCCCI. The van der Waals surface area contributed by atoms with Crippen LogP contribution in [0.25, 0.3) is 0 Å². The van der Waals surface area contributed by atoms with Gasteiger partial charge in [-0.2, -0.15) is 11.8 Å². The number of halogens is 1. The molecule has 0 bridgehead atoms. The van der Waals surface area contributed by atoms with E-state index in [0.717, 1.165) is 0 Å². The first-order valence-corrected chi connectivity index (χ1v) is 7.94. The van der Waals surface area contributed by atoms with Gasteiger partial charge in [-0.15, -0.1) is 0 Å². The zero-order valence-electron chi connectivity index (χ0n) is 8.65. The monoisotopic (exact) mass is 315 g/mol. The Bertz CT molecular complexity index is 81.0. The summed E-state index contributed by atoms with van der Waals surface area (Å²) in [6, 6.07) is 0. The topological polar surface area (TPSA) is 12.0 Å². The lowest BCUT2D eigenvalue weighted by Gasteiger charge is -2.03. The van der Waals surface area contributed by atoms with Gasteiger partial charge in [0.15, 0.2) is 0 Å². The second-order valence-electron chi connectivity index (χ2n) is 3.05. The van der Waals surface area contributed by atoms with E-state index in [1.807, 2.05) is 11.8 Å². The van der Waals surface area contributed by atoms with Gasteiger partial charge in [0.25, 0.3) is 0 Å².